The summed E-state index contributed by atoms with van der Waals surface area (Å²) in [4.78, 5) is 12.2. The molecule has 1 aliphatic rings. The fraction of sp³-hybridized carbons (Fsp3) is 0.500. The van der Waals surface area contributed by atoms with Crippen LogP contribution >= 0.6 is 0 Å². The normalized spacial score (nSPS) is 23.0. The second-order valence-corrected chi connectivity index (χ2v) is 5.34. The van der Waals surface area contributed by atoms with E-state index in [2.05, 4.69) is 31.3 Å². The van der Waals surface area contributed by atoms with Gasteiger partial charge >= 0.3 is 0 Å². The number of carbonyl (C=O) groups excluding carboxylic acids is 1. The lowest BCUT2D eigenvalue weighted by Crippen LogP contribution is -2.44. The Hall–Kier alpha value is -1.15. The van der Waals surface area contributed by atoms with Gasteiger partial charge in [0.15, 0.2) is 5.78 Å². The van der Waals surface area contributed by atoms with Crippen molar-refractivity contribution >= 4 is 5.78 Å². The second kappa shape index (κ2) is 3.70. The summed E-state index contributed by atoms with van der Waals surface area (Å²) in [5.74, 6) is 0.237. The van der Waals surface area contributed by atoms with Crippen molar-refractivity contribution in [3.63, 3.8) is 0 Å². The van der Waals surface area contributed by atoms with Gasteiger partial charge in [-0.25, -0.2) is 0 Å². The smallest absolute Gasteiger partial charge is 0.180 e. The van der Waals surface area contributed by atoms with E-state index in [0.29, 0.717) is 0 Å². The number of hydrogen-bond donors (Lipinski definition) is 1. The molecule has 0 saturated carbocycles. The number of Topliss-reactive ketones (excluding diaryl/α,β-unsaturated/α-hetero) is 1. The topological polar surface area (TPSA) is 29.1 Å². The first-order valence-electron chi connectivity index (χ1n) is 5.78. The van der Waals surface area contributed by atoms with Crippen molar-refractivity contribution in [1.82, 2.24) is 5.32 Å². The third kappa shape index (κ3) is 1.67. The highest BCUT2D eigenvalue weighted by Crippen LogP contribution is 2.36. The van der Waals surface area contributed by atoms with E-state index in [9.17, 15) is 4.79 Å². The van der Waals surface area contributed by atoms with E-state index in [4.69, 9.17) is 0 Å². The molecule has 1 aromatic carbocycles. The number of rotatable bonds is 1. The third-order valence-electron chi connectivity index (χ3n) is 3.55. The summed E-state index contributed by atoms with van der Waals surface area (Å²) >= 11 is 0. The van der Waals surface area contributed by atoms with E-state index in [-0.39, 0.29) is 17.2 Å². The van der Waals surface area contributed by atoms with Crippen molar-refractivity contribution < 1.29 is 4.79 Å². The summed E-state index contributed by atoms with van der Waals surface area (Å²) in [6.07, 6.45) is 0.873. The van der Waals surface area contributed by atoms with Crippen molar-refractivity contribution in [3.05, 3.63) is 34.9 Å². The molecule has 1 aromatic rings. The minimum Gasteiger partial charge on any atom is -0.310 e. The molecule has 1 unspecified atom stereocenters. The Morgan fingerprint density at radius 1 is 1.38 bits per heavy atom. The first-order chi connectivity index (χ1) is 7.45. The van der Waals surface area contributed by atoms with Crippen LogP contribution in [0.2, 0.25) is 0 Å². The van der Waals surface area contributed by atoms with Crippen molar-refractivity contribution in [1.29, 1.82) is 0 Å². The molecule has 0 saturated heterocycles. The van der Waals surface area contributed by atoms with Crippen molar-refractivity contribution in [2.45, 2.75) is 38.6 Å². The SMILES string of the molecule is CNC1CC(C)(C)c2ccc(C)cc2C1=O. The average Bonchev–Trinajstić information content (AvgIpc) is 2.23. The Morgan fingerprint density at radius 3 is 2.69 bits per heavy atom. The van der Waals surface area contributed by atoms with Crippen LogP contribution in [0, 0.1) is 6.92 Å². The lowest BCUT2D eigenvalue weighted by atomic mass is 9.70. The van der Waals surface area contributed by atoms with Gasteiger partial charge in [0, 0.05) is 5.56 Å². The van der Waals surface area contributed by atoms with E-state index in [0.717, 1.165) is 17.5 Å². The van der Waals surface area contributed by atoms with Crippen LogP contribution in [0.3, 0.4) is 0 Å². The highest BCUT2D eigenvalue weighted by Gasteiger charge is 2.37. The van der Waals surface area contributed by atoms with Gasteiger partial charge in [0.25, 0.3) is 0 Å². The number of hydrogen-bond acceptors (Lipinski definition) is 2. The van der Waals surface area contributed by atoms with Gasteiger partial charge in [-0.15, -0.1) is 0 Å². The second-order valence-electron chi connectivity index (χ2n) is 5.34. The van der Waals surface area contributed by atoms with Gasteiger partial charge in [-0.05, 0) is 37.4 Å². The van der Waals surface area contributed by atoms with E-state index >= 15 is 0 Å². The van der Waals surface area contributed by atoms with Crippen LogP contribution in [0.4, 0.5) is 0 Å². The summed E-state index contributed by atoms with van der Waals surface area (Å²) in [6, 6.07) is 6.18. The first kappa shape index (κ1) is 11.3. The fourth-order valence-corrected chi connectivity index (χ4v) is 2.59. The molecule has 1 aliphatic carbocycles. The molecule has 0 bridgehead atoms. The molecule has 2 heteroatoms. The molecule has 0 aliphatic heterocycles. The van der Waals surface area contributed by atoms with E-state index in [1.54, 1.807) is 0 Å². The molecule has 2 rings (SSSR count). The minimum atomic E-state index is -0.0377. The Morgan fingerprint density at radius 2 is 2.06 bits per heavy atom. The Kier molecular flexibility index (Phi) is 2.62. The number of aryl methyl sites for hydroxylation is 1. The number of nitrogens with one attached hydrogen (secondary N) is 1. The van der Waals surface area contributed by atoms with Gasteiger partial charge < -0.3 is 5.32 Å². The largest absolute Gasteiger partial charge is 0.310 e. The van der Waals surface area contributed by atoms with Crippen molar-refractivity contribution in [3.8, 4) is 0 Å². The van der Waals surface area contributed by atoms with Gasteiger partial charge in [-0.1, -0.05) is 31.5 Å². The Labute approximate surface area is 97.1 Å². The van der Waals surface area contributed by atoms with E-state index in [1.807, 2.05) is 20.0 Å². The molecule has 1 N–H and O–H groups in total. The maximum absolute atomic E-state index is 12.2. The molecule has 1 atom stereocenters. The quantitative estimate of drug-likeness (QED) is 0.783. The maximum atomic E-state index is 12.2. The number of fused-ring (bicyclic) bond motifs is 1. The Bertz CT molecular complexity index is 434. The molecule has 0 heterocycles. The lowest BCUT2D eigenvalue weighted by Gasteiger charge is -2.36. The van der Waals surface area contributed by atoms with Crippen LogP contribution in [0.1, 0.15) is 41.8 Å². The van der Waals surface area contributed by atoms with Crippen LogP contribution in [0.5, 0.6) is 0 Å². The van der Waals surface area contributed by atoms with Crippen LogP contribution < -0.4 is 5.32 Å². The van der Waals surface area contributed by atoms with Crippen LogP contribution in [-0.4, -0.2) is 18.9 Å². The number of likely N-dealkylation sites (N-methyl/N-ethyl adjacent to an activating group) is 1. The molecule has 0 fully saturated rings. The molecule has 86 valence electrons. The van der Waals surface area contributed by atoms with Gasteiger partial charge in [0.1, 0.15) is 0 Å². The predicted molar refractivity (Wildman–Crippen MR) is 66.0 cm³/mol. The molecule has 0 amide bonds. The summed E-state index contributed by atoms with van der Waals surface area (Å²) in [5, 5.41) is 3.12. The highest BCUT2D eigenvalue weighted by atomic mass is 16.1. The maximum Gasteiger partial charge on any atom is 0.180 e. The minimum absolute atomic E-state index is 0.0377. The molecule has 16 heavy (non-hydrogen) atoms. The van der Waals surface area contributed by atoms with Gasteiger partial charge in [-0.2, -0.15) is 0 Å². The zero-order valence-corrected chi connectivity index (χ0v) is 10.4. The molecule has 0 aromatic heterocycles. The van der Waals surface area contributed by atoms with E-state index in [1.165, 1.54) is 5.56 Å². The third-order valence-corrected chi connectivity index (χ3v) is 3.55. The fourth-order valence-electron chi connectivity index (χ4n) is 2.59. The summed E-state index contributed by atoms with van der Waals surface area (Å²) in [7, 11) is 1.86. The van der Waals surface area contributed by atoms with Gasteiger partial charge in [-0.3, -0.25) is 4.79 Å². The molecule has 2 nitrogen and oxygen atoms in total. The van der Waals surface area contributed by atoms with Crippen LogP contribution in [-0.2, 0) is 5.41 Å². The van der Waals surface area contributed by atoms with Crippen LogP contribution in [0.25, 0.3) is 0 Å². The summed E-state index contributed by atoms with van der Waals surface area (Å²) < 4.78 is 0. The lowest BCUT2D eigenvalue weighted by molar-refractivity contribution is 0.0910. The number of benzene rings is 1. The summed E-state index contributed by atoms with van der Waals surface area (Å²) in [6.45, 7) is 6.44. The number of ketones is 1. The predicted octanol–water partition coefficient (Wildman–Crippen LogP) is 2.45. The van der Waals surface area contributed by atoms with Gasteiger partial charge in [0.05, 0.1) is 6.04 Å². The summed E-state index contributed by atoms with van der Waals surface area (Å²) in [5.41, 5.74) is 3.31. The first-order valence-corrected chi connectivity index (χ1v) is 5.78. The Balaban J connectivity index is 2.59. The zero-order valence-electron chi connectivity index (χ0n) is 10.4. The van der Waals surface area contributed by atoms with Crippen molar-refractivity contribution in [2.75, 3.05) is 7.05 Å². The molecular weight excluding hydrogens is 198 g/mol. The van der Waals surface area contributed by atoms with Gasteiger partial charge in [0.2, 0.25) is 0 Å². The van der Waals surface area contributed by atoms with Crippen LogP contribution in [0.15, 0.2) is 18.2 Å². The number of carbonyl (C=O) groups is 1. The van der Waals surface area contributed by atoms with E-state index < -0.39 is 0 Å². The zero-order chi connectivity index (χ0) is 11.9. The monoisotopic (exact) mass is 217 g/mol. The highest BCUT2D eigenvalue weighted by molar-refractivity contribution is 6.03. The average molecular weight is 217 g/mol. The van der Waals surface area contributed by atoms with Crippen molar-refractivity contribution in [2.24, 2.45) is 0 Å². The molecule has 0 spiro atoms. The molecular formula is C14H19NO. The standard InChI is InChI=1S/C14H19NO/c1-9-5-6-11-10(7-9)13(16)12(15-4)8-14(11,2)3/h5-7,12,15H,8H2,1-4H3. The molecule has 0 radical (unpaired) electrons.